The molecule has 1 aliphatic rings. The number of amides is 1. The quantitative estimate of drug-likeness (QED) is 0.821. The number of nitriles is 1. The van der Waals surface area contributed by atoms with E-state index < -0.39 is 12.8 Å². The second kappa shape index (κ2) is 8.82. The molecule has 6 nitrogen and oxygen atoms in total. The zero-order valence-corrected chi connectivity index (χ0v) is 15.4. The van der Waals surface area contributed by atoms with Crippen LogP contribution < -0.4 is 15.0 Å². The molecule has 1 saturated heterocycles. The van der Waals surface area contributed by atoms with Gasteiger partial charge in [0, 0.05) is 30.9 Å². The van der Waals surface area contributed by atoms with Crippen molar-refractivity contribution in [3.8, 4) is 11.8 Å². The summed E-state index contributed by atoms with van der Waals surface area (Å²) in [6.07, 6.45) is -1.56. The monoisotopic (exact) mass is 404 g/mol. The second-order valence-corrected chi connectivity index (χ2v) is 6.70. The van der Waals surface area contributed by atoms with Crippen LogP contribution >= 0.6 is 0 Å². The maximum atomic E-state index is 12.5. The fourth-order valence-corrected chi connectivity index (χ4v) is 3.05. The van der Waals surface area contributed by atoms with Crippen molar-refractivity contribution in [2.24, 2.45) is 5.92 Å². The van der Waals surface area contributed by atoms with Gasteiger partial charge < -0.3 is 15.0 Å². The summed E-state index contributed by atoms with van der Waals surface area (Å²) in [5.74, 6) is 0.577. The predicted molar refractivity (Wildman–Crippen MR) is 101 cm³/mol. The van der Waals surface area contributed by atoms with E-state index in [2.05, 4.69) is 19.9 Å². The first-order chi connectivity index (χ1) is 13.8. The first-order valence-electron chi connectivity index (χ1n) is 9.05. The largest absolute Gasteiger partial charge is 0.484 e. The maximum absolute atomic E-state index is 12.5. The van der Waals surface area contributed by atoms with Crippen LogP contribution in [0.4, 0.5) is 24.7 Å². The Bertz CT molecular complexity index is 869. The van der Waals surface area contributed by atoms with Gasteiger partial charge in [-0.2, -0.15) is 18.4 Å². The van der Waals surface area contributed by atoms with E-state index in [0.717, 1.165) is 5.82 Å². The lowest BCUT2D eigenvalue weighted by molar-refractivity contribution is -0.153. The average molecular weight is 404 g/mol. The molecule has 1 fully saturated rings. The third-order valence-corrected chi connectivity index (χ3v) is 4.59. The fourth-order valence-electron chi connectivity index (χ4n) is 3.05. The van der Waals surface area contributed by atoms with Crippen LogP contribution in [-0.4, -0.2) is 36.8 Å². The van der Waals surface area contributed by atoms with Crippen LogP contribution in [0.25, 0.3) is 0 Å². The van der Waals surface area contributed by atoms with Gasteiger partial charge in [-0.1, -0.05) is 0 Å². The third kappa shape index (κ3) is 5.85. The molecule has 3 rings (SSSR count). The van der Waals surface area contributed by atoms with Crippen molar-refractivity contribution in [1.82, 2.24) is 4.98 Å². The van der Waals surface area contributed by atoms with E-state index in [1.165, 1.54) is 30.5 Å². The van der Waals surface area contributed by atoms with Crippen LogP contribution in [0, 0.1) is 17.2 Å². The lowest BCUT2D eigenvalue weighted by Crippen LogP contribution is -2.38. The first-order valence-corrected chi connectivity index (χ1v) is 9.05. The van der Waals surface area contributed by atoms with Gasteiger partial charge in [0.05, 0.1) is 5.56 Å². The molecule has 0 bridgehead atoms. The number of halogens is 3. The van der Waals surface area contributed by atoms with Crippen molar-refractivity contribution in [3.63, 3.8) is 0 Å². The number of ether oxygens (including phenoxy) is 1. The summed E-state index contributed by atoms with van der Waals surface area (Å²) in [4.78, 5) is 18.8. The van der Waals surface area contributed by atoms with Gasteiger partial charge in [-0.25, -0.2) is 4.98 Å². The first kappa shape index (κ1) is 20.5. The Morgan fingerprint density at radius 3 is 2.45 bits per heavy atom. The van der Waals surface area contributed by atoms with Gasteiger partial charge in [0.2, 0.25) is 5.91 Å². The number of carbonyl (C=O) groups is 1. The predicted octanol–water partition coefficient (Wildman–Crippen LogP) is 3.75. The minimum atomic E-state index is -4.39. The van der Waals surface area contributed by atoms with Crippen LogP contribution in [0.15, 0.2) is 42.6 Å². The highest BCUT2D eigenvalue weighted by Crippen LogP contribution is 2.24. The molecule has 0 unspecified atom stereocenters. The molecular weight excluding hydrogens is 385 g/mol. The van der Waals surface area contributed by atoms with Crippen LogP contribution in [0.1, 0.15) is 18.4 Å². The molecule has 0 saturated carbocycles. The van der Waals surface area contributed by atoms with Crippen molar-refractivity contribution in [1.29, 1.82) is 5.26 Å². The van der Waals surface area contributed by atoms with Gasteiger partial charge >= 0.3 is 6.18 Å². The number of hydrogen-bond donors (Lipinski definition) is 1. The highest BCUT2D eigenvalue weighted by molar-refractivity contribution is 5.92. The van der Waals surface area contributed by atoms with Gasteiger partial charge in [0.1, 0.15) is 17.6 Å². The summed E-state index contributed by atoms with van der Waals surface area (Å²) in [5.41, 5.74) is 1.00. The molecule has 1 aliphatic heterocycles. The van der Waals surface area contributed by atoms with Gasteiger partial charge in [-0.05, 0) is 49.2 Å². The molecule has 1 amide bonds. The Labute approximate surface area is 165 Å². The van der Waals surface area contributed by atoms with E-state index in [1.54, 1.807) is 12.1 Å². The van der Waals surface area contributed by atoms with Crippen LogP contribution in [0.2, 0.25) is 0 Å². The van der Waals surface area contributed by atoms with E-state index in [0.29, 0.717) is 37.2 Å². The maximum Gasteiger partial charge on any atom is 0.422 e. The normalized spacial score (nSPS) is 14.9. The molecule has 0 atom stereocenters. The van der Waals surface area contributed by atoms with E-state index in [1.807, 2.05) is 6.07 Å². The minimum absolute atomic E-state index is 0.0866. The van der Waals surface area contributed by atoms with Gasteiger partial charge in [-0.3, -0.25) is 4.79 Å². The highest BCUT2D eigenvalue weighted by atomic mass is 19.4. The molecule has 1 N–H and O–H groups in total. The number of rotatable bonds is 5. The van der Waals surface area contributed by atoms with E-state index in [9.17, 15) is 18.0 Å². The summed E-state index contributed by atoms with van der Waals surface area (Å²) in [6.45, 7) is -0.0200. The number of pyridine rings is 1. The lowest BCUT2D eigenvalue weighted by Gasteiger charge is -2.32. The highest BCUT2D eigenvalue weighted by Gasteiger charge is 2.28. The molecule has 1 aromatic heterocycles. The molecule has 0 spiro atoms. The number of alkyl halides is 3. The smallest absolute Gasteiger partial charge is 0.422 e. The summed E-state index contributed by atoms with van der Waals surface area (Å²) in [7, 11) is 0. The Hall–Kier alpha value is -3.28. The number of nitrogens with one attached hydrogen (secondary N) is 1. The van der Waals surface area contributed by atoms with E-state index >= 15 is 0 Å². The van der Waals surface area contributed by atoms with Crippen molar-refractivity contribution in [3.05, 3.63) is 48.2 Å². The number of piperidine rings is 1. The number of carbonyl (C=O) groups excluding carboxylic acids is 1. The molecule has 0 radical (unpaired) electrons. The molecular formula is C20H19F3N4O2. The second-order valence-electron chi connectivity index (χ2n) is 6.70. The Kier molecular flexibility index (Phi) is 6.22. The summed E-state index contributed by atoms with van der Waals surface area (Å²) in [5, 5.41) is 11.6. The van der Waals surface area contributed by atoms with Gasteiger partial charge in [0.15, 0.2) is 6.61 Å². The number of nitrogens with zero attached hydrogens (tertiary/aromatic N) is 3. The van der Waals surface area contributed by atoms with Crippen LogP contribution in [-0.2, 0) is 4.79 Å². The minimum Gasteiger partial charge on any atom is -0.484 e. The number of anilines is 2. The van der Waals surface area contributed by atoms with E-state index in [4.69, 9.17) is 5.26 Å². The van der Waals surface area contributed by atoms with Gasteiger partial charge in [-0.15, -0.1) is 0 Å². The molecule has 29 heavy (non-hydrogen) atoms. The number of aromatic nitrogens is 1. The van der Waals surface area contributed by atoms with Crippen molar-refractivity contribution in [2.45, 2.75) is 19.0 Å². The Morgan fingerprint density at radius 1 is 1.21 bits per heavy atom. The molecule has 1 aromatic carbocycles. The molecule has 0 aliphatic carbocycles. The lowest BCUT2D eigenvalue weighted by atomic mass is 9.95. The molecule has 2 aromatic rings. The summed E-state index contributed by atoms with van der Waals surface area (Å²) < 4.78 is 41.1. The third-order valence-electron chi connectivity index (χ3n) is 4.59. The van der Waals surface area contributed by atoms with Crippen molar-refractivity contribution >= 4 is 17.4 Å². The standard InChI is InChI=1S/C20H19F3N4O2/c21-20(22,23)13-29-17-4-2-16(3-5-17)26-19(28)15-7-9-27(10-8-15)18-6-1-14(11-24)12-25-18/h1-6,12,15H,7-10,13H2,(H,26,28). The molecule has 9 heteroatoms. The van der Waals surface area contributed by atoms with Crippen molar-refractivity contribution in [2.75, 3.05) is 29.9 Å². The van der Waals surface area contributed by atoms with Gasteiger partial charge in [0.25, 0.3) is 0 Å². The SMILES string of the molecule is N#Cc1ccc(N2CCC(C(=O)Nc3ccc(OCC(F)(F)F)cc3)CC2)nc1. The number of hydrogen-bond acceptors (Lipinski definition) is 5. The molecule has 2 heterocycles. The Balaban J connectivity index is 1.48. The average Bonchev–Trinajstić information content (AvgIpc) is 2.73. The van der Waals surface area contributed by atoms with Crippen LogP contribution in [0.5, 0.6) is 5.75 Å². The molecule has 152 valence electrons. The fraction of sp³-hybridized carbons (Fsp3) is 0.350. The topological polar surface area (TPSA) is 78.2 Å². The van der Waals surface area contributed by atoms with Crippen molar-refractivity contribution < 1.29 is 22.7 Å². The summed E-state index contributed by atoms with van der Waals surface area (Å²) in [6, 6.07) is 11.3. The van der Waals surface area contributed by atoms with Crippen LogP contribution in [0.3, 0.4) is 0 Å². The van der Waals surface area contributed by atoms with E-state index in [-0.39, 0.29) is 17.6 Å². The zero-order valence-electron chi connectivity index (χ0n) is 15.4. The zero-order chi connectivity index (χ0) is 20.9. The summed E-state index contributed by atoms with van der Waals surface area (Å²) >= 11 is 0. The number of benzene rings is 1. The Morgan fingerprint density at radius 2 is 1.90 bits per heavy atom.